The van der Waals surface area contributed by atoms with Crippen molar-refractivity contribution in [2.45, 2.75) is 0 Å². The summed E-state index contributed by atoms with van der Waals surface area (Å²) in [5.74, 6) is -0.290. The number of hydrogen-bond donors (Lipinski definition) is 0. The fraction of sp³-hybridized carbons (Fsp3) is 0.143. The summed E-state index contributed by atoms with van der Waals surface area (Å²) in [6.45, 7) is 0. The SMILES string of the molecule is O=C1C=C2C(Br)=CC(=O)[C@]23C=C[C@H]1[C@H]1C(=C(c2ccccc2)c2ccccc2)C=C[C@H]13. The van der Waals surface area contributed by atoms with Gasteiger partial charge in [0.15, 0.2) is 11.6 Å². The molecule has 150 valence electrons. The molecule has 4 atom stereocenters. The normalized spacial score (nSPS) is 30.1. The van der Waals surface area contributed by atoms with Crippen molar-refractivity contribution >= 4 is 33.1 Å². The van der Waals surface area contributed by atoms with E-state index in [0.29, 0.717) is 0 Å². The number of rotatable bonds is 2. The smallest absolute Gasteiger partial charge is 0.171 e. The third kappa shape index (κ3) is 2.50. The van der Waals surface area contributed by atoms with Crippen molar-refractivity contribution in [3.05, 3.63) is 124 Å². The fourth-order valence-electron chi connectivity index (χ4n) is 5.79. The molecular formula is C28H19BrO2. The second-order valence-electron chi connectivity index (χ2n) is 8.54. The second-order valence-corrected chi connectivity index (χ2v) is 9.40. The van der Waals surface area contributed by atoms with Crippen LogP contribution in [-0.4, -0.2) is 11.6 Å². The van der Waals surface area contributed by atoms with Crippen LogP contribution in [0.25, 0.3) is 5.57 Å². The van der Waals surface area contributed by atoms with Crippen LogP contribution in [-0.2, 0) is 9.59 Å². The number of allylic oxidation sites excluding steroid dienone is 9. The third-order valence-electron chi connectivity index (χ3n) is 7.11. The lowest BCUT2D eigenvalue weighted by Gasteiger charge is -2.40. The quantitative estimate of drug-likeness (QED) is 0.521. The maximum atomic E-state index is 13.3. The van der Waals surface area contributed by atoms with Gasteiger partial charge in [-0.1, -0.05) is 101 Å². The molecule has 2 nitrogen and oxygen atoms in total. The standard InChI is InChI=1S/C28H19BrO2/c29-23-16-25(31)28-14-13-19(24(30)15-22(23)28)27-20(11-12-21(27)28)26(17-7-3-1-4-8-17)18-9-5-2-6-10-18/h1-16,19,21,27H/t19-,21-,27+,28+/m1/s1. The summed E-state index contributed by atoms with van der Waals surface area (Å²) in [5, 5.41) is 0. The molecule has 0 radical (unpaired) electrons. The number of carbonyl (C=O) groups excluding carboxylic acids is 2. The lowest BCUT2D eigenvalue weighted by Crippen LogP contribution is -2.41. The Hall–Kier alpha value is -3.04. The van der Waals surface area contributed by atoms with Crippen molar-refractivity contribution in [2.24, 2.45) is 23.2 Å². The van der Waals surface area contributed by atoms with Crippen LogP contribution in [0.5, 0.6) is 0 Å². The number of fused-ring (bicyclic) bond motifs is 1. The van der Waals surface area contributed by atoms with Crippen LogP contribution in [0.1, 0.15) is 11.1 Å². The van der Waals surface area contributed by atoms with E-state index in [4.69, 9.17) is 0 Å². The van der Waals surface area contributed by atoms with E-state index in [1.807, 2.05) is 48.6 Å². The van der Waals surface area contributed by atoms with Gasteiger partial charge in [0.05, 0.1) is 5.41 Å². The fourth-order valence-corrected chi connectivity index (χ4v) is 6.44. The van der Waals surface area contributed by atoms with E-state index in [9.17, 15) is 9.59 Å². The zero-order valence-corrected chi connectivity index (χ0v) is 18.3. The van der Waals surface area contributed by atoms with Crippen molar-refractivity contribution < 1.29 is 9.59 Å². The van der Waals surface area contributed by atoms with E-state index in [-0.39, 0.29) is 29.3 Å². The number of hydrogen-bond acceptors (Lipinski definition) is 2. The Balaban J connectivity index is 1.61. The summed E-state index contributed by atoms with van der Waals surface area (Å²) in [4.78, 5) is 26.6. The van der Waals surface area contributed by atoms with Gasteiger partial charge in [-0.3, -0.25) is 9.59 Å². The van der Waals surface area contributed by atoms with Crippen molar-refractivity contribution in [1.82, 2.24) is 0 Å². The molecule has 1 spiro atoms. The Bertz CT molecular complexity index is 1240. The Kier molecular flexibility index (Phi) is 4.06. The van der Waals surface area contributed by atoms with Crippen molar-refractivity contribution in [3.8, 4) is 0 Å². The highest BCUT2D eigenvalue weighted by atomic mass is 79.9. The summed E-state index contributed by atoms with van der Waals surface area (Å²) >= 11 is 3.54. The minimum Gasteiger partial charge on any atom is -0.294 e. The van der Waals surface area contributed by atoms with E-state index in [2.05, 4.69) is 52.3 Å². The molecule has 0 fully saturated rings. The van der Waals surface area contributed by atoms with E-state index >= 15 is 0 Å². The largest absolute Gasteiger partial charge is 0.294 e. The van der Waals surface area contributed by atoms with Crippen molar-refractivity contribution in [2.75, 3.05) is 0 Å². The van der Waals surface area contributed by atoms with Gasteiger partial charge in [-0.05, 0) is 40.0 Å². The lowest BCUT2D eigenvalue weighted by atomic mass is 9.60. The second kappa shape index (κ2) is 6.73. The van der Waals surface area contributed by atoms with Gasteiger partial charge in [0.1, 0.15) is 0 Å². The lowest BCUT2D eigenvalue weighted by molar-refractivity contribution is -0.123. The molecule has 7 rings (SSSR count). The minimum atomic E-state index is -0.789. The molecule has 5 aliphatic carbocycles. The van der Waals surface area contributed by atoms with Gasteiger partial charge in [0, 0.05) is 22.2 Å². The molecule has 2 aromatic carbocycles. The van der Waals surface area contributed by atoms with Gasteiger partial charge in [-0.2, -0.15) is 0 Å². The van der Waals surface area contributed by atoms with Gasteiger partial charge in [-0.25, -0.2) is 0 Å². The van der Waals surface area contributed by atoms with Crippen LogP contribution in [0.3, 0.4) is 0 Å². The average molecular weight is 467 g/mol. The molecule has 0 saturated carbocycles. The highest BCUT2D eigenvalue weighted by Crippen LogP contribution is 2.61. The van der Waals surface area contributed by atoms with Crippen LogP contribution >= 0.6 is 15.9 Å². The van der Waals surface area contributed by atoms with E-state index in [0.717, 1.165) is 32.3 Å². The molecule has 0 saturated heterocycles. The summed E-state index contributed by atoms with van der Waals surface area (Å²) < 4.78 is 0.731. The monoisotopic (exact) mass is 466 g/mol. The predicted molar refractivity (Wildman–Crippen MR) is 125 cm³/mol. The minimum absolute atomic E-state index is 0.0527. The number of carbonyl (C=O) groups is 2. The van der Waals surface area contributed by atoms with Crippen LogP contribution in [0.15, 0.2) is 113 Å². The van der Waals surface area contributed by atoms with Crippen LogP contribution in [0.4, 0.5) is 0 Å². The molecule has 5 aliphatic rings. The third-order valence-corrected chi connectivity index (χ3v) is 7.76. The number of ketones is 2. The summed E-state index contributed by atoms with van der Waals surface area (Å²) in [7, 11) is 0. The van der Waals surface area contributed by atoms with E-state index < -0.39 is 5.41 Å². The average Bonchev–Trinajstić information content (AvgIpc) is 3.24. The molecule has 0 amide bonds. The molecule has 2 aromatic rings. The topological polar surface area (TPSA) is 34.1 Å². The number of halogens is 1. The van der Waals surface area contributed by atoms with Gasteiger partial charge >= 0.3 is 0 Å². The maximum absolute atomic E-state index is 13.3. The van der Waals surface area contributed by atoms with Gasteiger partial charge in [-0.15, -0.1) is 0 Å². The molecule has 0 aliphatic heterocycles. The highest BCUT2D eigenvalue weighted by Gasteiger charge is 2.59. The predicted octanol–water partition coefficient (Wildman–Crippen LogP) is 5.83. The van der Waals surface area contributed by atoms with Gasteiger partial charge in [0.2, 0.25) is 0 Å². The van der Waals surface area contributed by atoms with Gasteiger partial charge in [0.25, 0.3) is 0 Å². The molecule has 0 aromatic heterocycles. The Morgan fingerprint density at radius 2 is 1.48 bits per heavy atom. The molecule has 31 heavy (non-hydrogen) atoms. The van der Waals surface area contributed by atoms with Gasteiger partial charge < -0.3 is 0 Å². The van der Waals surface area contributed by atoms with Crippen LogP contribution in [0, 0.1) is 23.2 Å². The molecule has 0 heterocycles. The molecular weight excluding hydrogens is 448 g/mol. The first-order valence-electron chi connectivity index (χ1n) is 10.5. The number of benzene rings is 2. The first-order valence-corrected chi connectivity index (χ1v) is 11.3. The maximum Gasteiger partial charge on any atom is 0.171 e. The Morgan fingerprint density at radius 3 is 2.13 bits per heavy atom. The summed E-state index contributed by atoms with van der Waals surface area (Å²) in [5.41, 5.74) is 4.52. The van der Waals surface area contributed by atoms with E-state index in [1.54, 1.807) is 12.2 Å². The van der Waals surface area contributed by atoms with E-state index in [1.165, 1.54) is 0 Å². The molecule has 0 N–H and O–H groups in total. The molecule has 3 heteroatoms. The summed E-state index contributed by atoms with van der Waals surface area (Å²) in [6.07, 6.45) is 11.6. The Morgan fingerprint density at radius 1 is 0.839 bits per heavy atom. The molecule has 0 unspecified atom stereocenters. The highest BCUT2D eigenvalue weighted by molar-refractivity contribution is 9.12. The van der Waals surface area contributed by atoms with Crippen molar-refractivity contribution in [1.29, 1.82) is 0 Å². The molecule has 2 bridgehead atoms. The van der Waals surface area contributed by atoms with Crippen LogP contribution in [0.2, 0.25) is 0 Å². The first kappa shape index (κ1) is 18.7. The zero-order chi connectivity index (χ0) is 21.2. The Labute approximate surface area is 189 Å². The zero-order valence-electron chi connectivity index (χ0n) is 16.7. The van der Waals surface area contributed by atoms with Crippen molar-refractivity contribution in [3.63, 3.8) is 0 Å². The summed E-state index contributed by atoms with van der Waals surface area (Å²) in [6, 6.07) is 20.7. The van der Waals surface area contributed by atoms with Crippen LogP contribution < -0.4 is 0 Å². The first-order chi connectivity index (χ1) is 15.1.